The van der Waals surface area contributed by atoms with Gasteiger partial charge in [0.25, 0.3) is 5.91 Å². The van der Waals surface area contributed by atoms with Crippen LogP contribution in [0.25, 0.3) is 0 Å². The van der Waals surface area contributed by atoms with Gasteiger partial charge < -0.3 is 5.32 Å². The predicted molar refractivity (Wildman–Crippen MR) is 84.4 cm³/mol. The van der Waals surface area contributed by atoms with Crippen molar-refractivity contribution < 1.29 is 13.6 Å². The van der Waals surface area contributed by atoms with Crippen molar-refractivity contribution in [3.8, 4) is 0 Å². The van der Waals surface area contributed by atoms with E-state index in [9.17, 15) is 13.6 Å². The zero-order valence-electron chi connectivity index (χ0n) is 13.5. The van der Waals surface area contributed by atoms with Crippen molar-refractivity contribution in [1.82, 2.24) is 20.2 Å². The molecular formula is C17H18F2N4O. The van der Waals surface area contributed by atoms with Crippen LogP contribution in [-0.2, 0) is 0 Å². The number of aromatic nitrogens is 2. The number of rotatable bonds is 3. The number of hydrogen-bond acceptors (Lipinski definition) is 4. The van der Waals surface area contributed by atoms with Gasteiger partial charge in [-0.15, -0.1) is 0 Å². The minimum atomic E-state index is -0.887. The molecule has 0 radical (unpaired) electrons. The molecule has 24 heavy (non-hydrogen) atoms. The highest BCUT2D eigenvalue weighted by molar-refractivity contribution is 5.92. The van der Waals surface area contributed by atoms with Gasteiger partial charge in [-0.25, -0.2) is 13.8 Å². The molecule has 1 aromatic carbocycles. The molecule has 2 aromatic rings. The zero-order chi connectivity index (χ0) is 17.3. The van der Waals surface area contributed by atoms with Crippen LogP contribution in [0, 0.1) is 18.6 Å². The molecule has 0 bridgehead atoms. The van der Waals surface area contributed by atoms with Crippen molar-refractivity contribution in [3.05, 3.63) is 59.2 Å². The summed E-state index contributed by atoms with van der Waals surface area (Å²) in [6.07, 6.45) is 3.67. The second-order valence-corrected chi connectivity index (χ2v) is 6.01. The summed E-state index contributed by atoms with van der Waals surface area (Å²) in [4.78, 5) is 22.5. The van der Waals surface area contributed by atoms with Gasteiger partial charge in [-0.1, -0.05) is 6.07 Å². The molecule has 1 saturated heterocycles. The van der Waals surface area contributed by atoms with E-state index < -0.39 is 11.6 Å². The zero-order valence-corrected chi connectivity index (χ0v) is 13.5. The molecule has 7 heteroatoms. The first-order valence-corrected chi connectivity index (χ1v) is 7.70. The Hall–Kier alpha value is -2.41. The molecule has 1 aromatic heterocycles. The molecule has 1 fully saturated rings. The summed E-state index contributed by atoms with van der Waals surface area (Å²) in [7, 11) is 1.89. The van der Waals surface area contributed by atoms with Crippen LogP contribution >= 0.6 is 0 Å². The molecule has 2 heterocycles. The van der Waals surface area contributed by atoms with Crippen molar-refractivity contribution in [2.24, 2.45) is 0 Å². The monoisotopic (exact) mass is 332 g/mol. The molecule has 2 atom stereocenters. The smallest absolute Gasteiger partial charge is 0.271 e. The average Bonchev–Trinajstić information content (AvgIpc) is 2.91. The first-order valence-electron chi connectivity index (χ1n) is 7.70. The number of aryl methyl sites for hydroxylation is 1. The van der Waals surface area contributed by atoms with E-state index >= 15 is 0 Å². The SMILES string of the molecule is Cc1cnc(C(=O)N[C@H]2CCN(C)[C@@H]2c2ccc(F)c(F)c2)cn1. The fourth-order valence-electron chi connectivity index (χ4n) is 3.03. The van der Waals surface area contributed by atoms with Crippen molar-refractivity contribution >= 4 is 5.91 Å². The van der Waals surface area contributed by atoms with Crippen LogP contribution in [0.15, 0.2) is 30.6 Å². The molecule has 126 valence electrons. The maximum Gasteiger partial charge on any atom is 0.271 e. The Morgan fingerprint density at radius 1 is 1.25 bits per heavy atom. The molecule has 1 aliphatic heterocycles. The van der Waals surface area contributed by atoms with Gasteiger partial charge in [0.1, 0.15) is 5.69 Å². The molecule has 0 unspecified atom stereocenters. The molecule has 0 aliphatic carbocycles. The first kappa shape index (κ1) is 16.4. The summed E-state index contributed by atoms with van der Waals surface area (Å²) >= 11 is 0. The Kier molecular flexibility index (Phi) is 4.53. The Balaban J connectivity index is 1.80. The minimum Gasteiger partial charge on any atom is -0.346 e. The molecule has 5 nitrogen and oxygen atoms in total. The van der Waals surface area contributed by atoms with Crippen LogP contribution in [0.4, 0.5) is 8.78 Å². The van der Waals surface area contributed by atoms with Crippen LogP contribution in [0.1, 0.15) is 34.2 Å². The van der Waals surface area contributed by atoms with E-state index in [1.165, 1.54) is 18.5 Å². The number of nitrogens with zero attached hydrogens (tertiary/aromatic N) is 3. The van der Waals surface area contributed by atoms with Crippen LogP contribution in [0.3, 0.4) is 0 Å². The molecule has 1 N–H and O–H groups in total. The topological polar surface area (TPSA) is 58.1 Å². The number of carbonyl (C=O) groups is 1. The number of hydrogen-bond donors (Lipinski definition) is 1. The van der Waals surface area contributed by atoms with Gasteiger partial charge >= 0.3 is 0 Å². The number of halogens is 2. The largest absolute Gasteiger partial charge is 0.346 e. The van der Waals surface area contributed by atoms with Gasteiger partial charge in [-0.05, 0) is 38.1 Å². The molecule has 1 amide bonds. The summed E-state index contributed by atoms with van der Waals surface area (Å²) in [5.74, 6) is -2.09. The minimum absolute atomic E-state index is 0.213. The van der Waals surface area contributed by atoms with Crippen molar-refractivity contribution in [2.45, 2.75) is 25.4 Å². The van der Waals surface area contributed by atoms with E-state index in [0.717, 1.165) is 18.3 Å². The van der Waals surface area contributed by atoms with E-state index in [4.69, 9.17) is 0 Å². The van der Waals surface area contributed by atoms with Crippen molar-refractivity contribution in [1.29, 1.82) is 0 Å². The number of likely N-dealkylation sites (N-methyl/N-ethyl adjacent to an activating group) is 1. The second-order valence-electron chi connectivity index (χ2n) is 6.01. The normalized spacial score (nSPS) is 21.0. The number of carbonyl (C=O) groups excluding carboxylic acids is 1. The fraction of sp³-hybridized carbons (Fsp3) is 0.353. The summed E-state index contributed by atoms with van der Waals surface area (Å²) in [5, 5.41) is 2.93. The van der Waals surface area contributed by atoms with Gasteiger partial charge in [0.2, 0.25) is 0 Å². The number of benzene rings is 1. The molecular weight excluding hydrogens is 314 g/mol. The van der Waals surface area contributed by atoms with Gasteiger partial charge in [0, 0.05) is 12.7 Å². The predicted octanol–water partition coefficient (Wildman–Crippen LogP) is 2.24. The number of nitrogens with one attached hydrogen (secondary N) is 1. The quantitative estimate of drug-likeness (QED) is 0.936. The summed E-state index contributed by atoms with van der Waals surface area (Å²) in [5.41, 5.74) is 1.60. The lowest BCUT2D eigenvalue weighted by molar-refractivity contribution is 0.0922. The van der Waals surface area contributed by atoms with Crippen LogP contribution in [-0.4, -0.2) is 40.4 Å². The van der Waals surface area contributed by atoms with Gasteiger partial charge in [-0.3, -0.25) is 14.7 Å². The Morgan fingerprint density at radius 3 is 2.71 bits per heavy atom. The third-order valence-corrected chi connectivity index (χ3v) is 4.26. The van der Waals surface area contributed by atoms with Gasteiger partial charge in [0.15, 0.2) is 11.6 Å². The van der Waals surface area contributed by atoms with E-state index in [-0.39, 0.29) is 23.7 Å². The van der Waals surface area contributed by atoms with Gasteiger partial charge in [0.05, 0.1) is 24.0 Å². The van der Waals surface area contributed by atoms with Crippen molar-refractivity contribution in [3.63, 3.8) is 0 Å². The Labute approximate surface area is 138 Å². The molecule has 0 saturated carbocycles. The van der Waals surface area contributed by atoms with Crippen molar-refractivity contribution in [2.75, 3.05) is 13.6 Å². The molecule has 1 aliphatic rings. The highest BCUT2D eigenvalue weighted by Gasteiger charge is 2.34. The number of amides is 1. The Bertz CT molecular complexity index is 751. The highest BCUT2D eigenvalue weighted by Crippen LogP contribution is 2.31. The third-order valence-electron chi connectivity index (χ3n) is 4.26. The van der Waals surface area contributed by atoms with Gasteiger partial charge in [-0.2, -0.15) is 0 Å². The standard InChI is InChI=1S/C17H18F2N4O/c1-10-8-21-15(9-20-10)17(24)22-14-5-6-23(2)16(14)11-3-4-12(18)13(19)7-11/h3-4,7-9,14,16H,5-6H2,1-2H3,(H,22,24)/t14-,16+/m0/s1. The maximum atomic E-state index is 13.6. The van der Waals surface area contributed by atoms with Crippen LogP contribution in [0.2, 0.25) is 0 Å². The van der Waals surface area contributed by atoms with E-state index in [1.807, 2.05) is 11.9 Å². The third kappa shape index (κ3) is 3.26. The lowest BCUT2D eigenvalue weighted by Gasteiger charge is -2.26. The molecule has 0 spiro atoms. The lowest BCUT2D eigenvalue weighted by atomic mass is 9.99. The summed E-state index contributed by atoms with van der Waals surface area (Å²) < 4.78 is 26.7. The van der Waals surface area contributed by atoms with Crippen LogP contribution in [0.5, 0.6) is 0 Å². The number of likely N-dealkylation sites (tertiary alicyclic amines) is 1. The van der Waals surface area contributed by atoms with E-state index in [1.54, 1.807) is 13.0 Å². The first-order chi connectivity index (χ1) is 11.5. The highest BCUT2D eigenvalue weighted by atomic mass is 19.2. The van der Waals surface area contributed by atoms with E-state index in [0.29, 0.717) is 12.0 Å². The van der Waals surface area contributed by atoms with Crippen LogP contribution < -0.4 is 5.32 Å². The fourth-order valence-corrected chi connectivity index (χ4v) is 3.03. The summed E-state index contributed by atoms with van der Waals surface area (Å²) in [6, 6.07) is 3.42. The van der Waals surface area contributed by atoms with E-state index in [2.05, 4.69) is 15.3 Å². The lowest BCUT2D eigenvalue weighted by Crippen LogP contribution is -2.39. The summed E-state index contributed by atoms with van der Waals surface area (Å²) in [6.45, 7) is 2.54. The molecule has 3 rings (SSSR count). The Morgan fingerprint density at radius 2 is 2.04 bits per heavy atom. The second kappa shape index (κ2) is 6.60. The average molecular weight is 332 g/mol. The maximum absolute atomic E-state index is 13.6.